The molecule has 1 unspecified atom stereocenters. The van der Waals surface area contributed by atoms with Gasteiger partial charge in [0.1, 0.15) is 5.82 Å². The summed E-state index contributed by atoms with van der Waals surface area (Å²) in [5, 5.41) is 3.33. The van der Waals surface area contributed by atoms with E-state index in [9.17, 15) is 4.79 Å². The van der Waals surface area contributed by atoms with Crippen molar-refractivity contribution in [3.8, 4) is 0 Å². The molecule has 2 aromatic heterocycles. The van der Waals surface area contributed by atoms with E-state index < -0.39 is 0 Å². The molecule has 5 rings (SSSR count). The minimum Gasteiger partial charge on any atom is -0.378 e. The van der Waals surface area contributed by atoms with Crippen LogP contribution in [0.1, 0.15) is 22.6 Å². The summed E-state index contributed by atoms with van der Waals surface area (Å²) in [6.07, 6.45) is 3.58. The molecule has 32 heavy (non-hydrogen) atoms. The number of nitrogens with two attached hydrogens (primary N) is 1. The second-order valence-electron chi connectivity index (χ2n) is 8.20. The molecule has 0 bridgehead atoms. The van der Waals surface area contributed by atoms with Gasteiger partial charge in [0.25, 0.3) is 5.91 Å². The van der Waals surface area contributed by atoms with E-state index in [1.54, 1.807) is 6.20 Å². The van der Waals surface area contributed by atoms with Crippen LogP contribution in [0.2, 0.25) is 0 Å². The smallest absolute Gasteiger partial charge is 0.282 e. The fourth-order valence-corrected chi connectivity index (χ4v) is 5.10. The molecule has 0 saturated carbocycles. The Bertz CT molecular complexity index is 1100. The zero-order chi connectivity index (χ0) is 22.1. The molecule has 2 fully saturated rings. The standard InChI is InChI=1S/C22H27N7O2S/c1-27(21(30)20-24-6-12-32-20)16-3-2-7-29(14-16)19-17-5-4-15(28-8-10-31-11-9-28)13-18(17)25-22(23)26-19/h4-6,12-13,16H,2-3,7-11,14H2,1H3,(H2,23,25,26). The van der Waals surface area contributed by atoms with Gasteiger partial charge < -0.3 is 25.2 Å². The van der Waals surface area contributed by atoms with Gasteiger partial charge in [0.2, 0.25) is 5.95 Å². The molecule has 0 aliphatic carbocycles. The predicted octanol–water partition coefficient (Wildman–Crippen LogP) is 2.25. The highest BCUT2D eigenvalue weighted by molar-refractivity contribution is 7.11. The summed E-state index contributed by atoms with van der Waals surface area (Å²) >= 11 is 1.37. The van der Waals surface area contributed by atoms with Gasteiger partial charge >= 0.3 is 0 Å². The first kappa shape index (κ1) is 20.9. The summed E-state index contributed by atoms with van der Waals surface area (Å²) < 4.78 is 5.47. The van der Waals surface area contributed by atoms with Crippen LogP contribution in [0.4, 0.5) is 17.5 Å². The molecule has 168 valence electrons. The number of carbonyl (C=O) groups is 1. The van der Waals surface area contributed by atoms with Crippen LogP contribution >= 0.6 is 11.3 Å². The Kier molecular flexibility index (Phi) is 5.79. The number of morpholine rings is 1. The van der Waals surface area contributed by atoms with Gasteiger partial charge in [-0.1, -0.05) is 0 Å². The number of aromatic nitrogens is 3. The van der Waals surface area contributed by atoms with Gasteiger partial charge in [-0.3, -0.25) is 4.79 Å². The molecule has 2 saturated heterocycles. The molecule has 0 radical (unpaired) electrons. The van der Waals surface area contributed by atoms with E-state index in [1.165, 1.54) is 11.3 Å². The Labute approximate surface area is 190 Å². The van der Waals surface area contributed by atoms with Crippen LogP contribution in [0.25, 0.3) is 10.9 Å². The number of likely N-dealkylation sites (N-methyl/N-ethyl adjacent to an activating group) is 1. The number of carbonyl (C=O) groups excluding carboxylic acids is 1. The molecule has 4 heterocycles. The highest BCUT2D eigenvalue weighted by Crippen LogP contribution is 2.31. The zero-order valence-electron chi connectivity index (χ0n) is 18.1. The molecule has 2 aliphatic rings. The number of nitrogens with zero attached hydrogens (tertiary/aromatic N) is 6. The van der Waals surface area contributed by atoms with Gasteiger partial charge in [-0.15, -0.1) is 11.3 Å². The Morgan fingerprint density at radius 2 is 2.06 bits per heavy atom. The lowest BCUT2D eigenvalue weighted by atomic mass is 10.0. The molecule has 2 aliphatic heterocycles. The van der Waals surface area contributed by atoms with Crippen molar-refractivity contribution in [2.75, 3.05) is 62.0 Å². The van der Waals surface area contributed by atoms with Crippen molar-refractivity contribution in [3.05, 3.63) is 34.8 Å². The maximum Gasteiger partial charge on any atom is 0.282 e. The Morgan fingerprint density at radius 3 is 2.84 bits per heavy atom. The number of piperidine rings is 1. The summed E-state index contributed by atoms with van der Waals surface area (Å²) in [6.45, 7) is 4.77. The van der Waals surface area contributed by atoms with Gasteiger partial charge in [-0.2, -0.15) is 4.98 Å². The number of anilines is 3. The van der Waals surface area contributed by atoms with E-state index >= 15 is 0 Å². The van der Waals surface area contributed by atoms with E-state index in [0.717, 1.165) is 68.1 Å². The van der Waals surface area contributed by atoms with Gasteiger partial charge in [-0.05, 0) is 31.0 Å². The first-order chi connectivity index (χ1) is 15.6. The fraction of sp³-hybridized carbons (Fsp3) is 0.455. The number of hydrogen-bond acceptors (Lipinski definition) is 9. The number of amides is 1. The van der Waals surface area contributed by atoms with Crippen LogP contribution in [-0.4, -0.2) is 78.2 Å². The molecule has 3 aromatic rings. The molecule has 1 amide bonds. The highest BCUT2D eigenvalue weighted by atomic mass is 32.1. The molecule has 9 nitrogen and oxygen atoms in total. The van der Waals surface area contributed by atoms with Crippen molar-refractivity contribution < 1.29 is 9.53 Å². The normalized spacial score (nSPS) is 19.3. The second-order valence-corrected chi connectivity index (χ2v) is 9.10. The maximum absolute atomic E-state index is 12.8. The second kappa shape index (κ2) is 8.87. The number of rotatable bonds is 4. The van der Waals surface area contributed by atoms with Crippen LogP contribution in [-0.2, 0) is 4.74 Å². The summed E-state index contributed by atoms with van der Waals surface area (Å²) in [7, 11) is 1.86. The third kappa shape index (κ3) is 4.07. The van der Waals surface area contributed by atoms with Crippen molar-refractivity contribution in [1.82, 2.24) is 19.9 Å². The molecule has 0 spiro atoms. The quantitative estimate of drug-likeness (QED) is 0.642. The van der Waals surface area contributed by atoms with E-state index in [2.05, 4.69) is 43.0 Å². The number of hydrogen-bond donors (Lipinski definition) is 1. The van der Waals surface area contributed by atoms with Crippen LogP contribution in [0, 0.1) is 0 Å². The molecule has 1 aromatic carbocycles. The Hall–Kier alpha value is -2.98. The maximum atomic E-state index is 12.8. The van der Waals surface area contributed by atoms with Gasteiger partial charge in [0.15, 0.2) is 5.01 Å². The first-order valence-electron chi connectivity index (χ1n) is 10.9. The highest BCUT2D eigenvalue weighted by Gasteiger charge is 2.29. The lowest BCUT2D eigenvalue weighted by Crippen LogP contribution is -2.49. The van der Waals surface area contributed by atoms with E-state index in [1.807, 2.05) is 17.3 Å². The van der Waals surface area contributed by atoms with Crippen LogP contribution in [0.15, 0.2) is 29.8 Å². The molecular formula is C22H27N7O2S. The van der Waals surface area contributed by atoms with Crippen molar-refractivity contribution in [3.63, 3.8) is 0 Å². The Balaban J connectivity index is 1.41. The number of nitrogen functional groups attached to an aromatic ring is 1. The lowest BCUT2D eigenvalue weighted by molar-refractivity contribution is 0.0717. The third-order valence-electron chi connectivity index (χ3n) is 6.23. The minimum absolute atomic E-state index is 0.0333. The summed E-state index contributed by atoms with van der Waals surface area (Å²) in [6, 6.07) is 6.38. The number of thiazole rings is 1. The van der Waals surface area contributed by atoms with Gasteiger partial charge in [-0.25, -0.2) is 9.97 Å². The average Bonchev–Trinajstić information content (AvgIpc) is 3.38. The van der Waals surface area contributed by atoms with E-state index in [0.29, 0.717) is 11.6 Å². The summed E-state index contributed by atoms with van der Waals surface area (Å²) in [5.74, 6) is 1.07. The SMILES string of the molecule is CN(C(=O)c1nccs1)C1CCCN(c2nc(N)nc3cc(N4CCOCC4)ccc23)C1. The molecule has 1 atom stereocenters. The zero-order valence-corrected chi connectivity index (χ0v) is 18.9. The molecule has 2 N–H and O–H groups in total. The van der Waals surface area contributed by atoms with E-state index in [4.69, 9.17) is 10.5 Å². The van der Waals surface area contributed by atoms with E-state index in [-0.39, 0.29) is 17.9 Å². The van der Waals surface area contributed by atoms with Crippen LogP contribution in [0.3, 0.4) is 0 Å². The minimum atomic E-state index is -0.0333. The first-order valence-corrected chi connectivity index (χ1v) is 11.8. The lowest BCUT2D eigenvalue weighted by Gasteiger charge is -2.38. The number of fused-ring (bicyclic) bond motifs is 1. The van der Waals surface area contributed by atoms with Crippen molar-refractivity contribution in [1.29, 1.82) is 0 Å². The number of benzene rings is 1. The van der Waals surface area contributed by atoms with Crippen molar-refractivity contribution in [2.45, 2.75) is 18.9 Å². The van der Waals surface area contributed by atoms with Crippen LogP contribution in [0.5, 0.6) is 0 Å². The van der Waals surface area contributed by atoms with Gasteiger partial charge in [0, 0.05) is 61.9 Å². The third-order valence-corrected chi connectivity index (χ3v) is 6.99. The largest absolute Gasteiger partial charge is 0.378 e. The van der Waals surface area contributed by atoms with Crippen molar-refractivity contribution >= 4 is 45.6 Å². The monoisotopic (exact) mass is 453 g/mol. The van der Waals surface area contributed by atoms with Crippen molar-refractivity contribution in [2.24, 2.45) is 0 Å². The van der Waals surface area contributed by atoms with Gasteiger partial charge in [0.05, 0.1) is 18.7 Å². The Morgan fingerprint density at radius 1 is 1.22 bits per heavy atom. The summed E-state index contributed by atoms with van der Waals surface area (Å²) in [4.78, 5) is 32.4. The average molecular weight is 454 g/mol. The van der Waals surface area contributed by atoms with Crippen LogP contribution < -0.4 is 15.5 Å². The fourth-order valence-electron chi connectivity index (χ4n) is 4.49. The predicted molar refractivity (Wildman–Crippen MR) is 126 cm³/mol. The molecule has 10 heteroatoms. The summed E-state index contributed by atoms with van der Waals surface area (Å²) in [5.41, 5.74) is 8.07. The topological polar surface area (TPSA) is 101 Å². The molecular weight excluding hydrogens is 426 g/mol. The number of ether oxygens (including phenoxy) is 1.